The average Bonchev–Trinajstić information content (AvgIpc) is 2.76. The predicted molar refractivity (Wildman–Crippen MR) is 82.2 cm³/mol. The lowest BCUT2D eigenvalue weighted by Gasteiger charge is -2.27. The van der Waals surface area contributed by atoms with Gasteiger partial charge in [-0.25, -0.2) is 0 Å². The van der Waals surface area contributed by atoms with Gasteiger partial charge < -0.3 is 10.6 Å². The molecule has 18 heavy (non-hydrogen) atoms. The first-order valence-corrected chi connectivity index (χ1v) is 7.71. The second kappa shape index (κ2) is 6.07. The van der Waals surface area contributed by atoms with E-state index in [1.807, 2.05) is 0 Å². The minimum atomic E-state index is 0.220. The fourth-order valence-corrected chi connectivity index (χ4v) is 3.51. The maximum absolute atomic E-state index is 5.85. The molecule has 0 saturated carbocycles. The fourth-order valence-electron chi connectivity index (χ4n) is 2.86. The third kappa shape index (κ3) is 3.07. The Bertz CT molecular complexity index is 403. The van der Waals surface area contributed by atoms with Gasteiger partial charge in [-0.1, -0.05) is 13.0 Å². The van der Waals surface area contributed by atoms with Crippen molar-refractivity contribution in [3.05, 3.63) is 28.2 Å². The molecule has 0 aromatic heterocycles. The molecule has 1 aromatic carbocycles. The van der Waals surface area contributed by atoms with E-state index in [2.05, 4.69) is 52.9 Å². The third-order valence-corrected chi connectivity index (χ3v) is 4.36. The highest BCUT2D eigenvalue weighted by atomic mass is 79.9. The van der Waals surface area contributed by atoms with E-state index in [1.54, 1.807) is 0 Å². The van der Waals surface area contributed by atoms with Gasteiger partial charge in [0.1, 0.15) is 0 Å². The highest BCUT2D eigenvalue weighted by Gasteiger charge is 2.24. The lowest BCUT2D eigenvalue weighted by Crippen LogP contribution is -2.28. The third-order valence-electron chi connectivity index (χ3n) is 3.73. The van der Waals surface area contributed by atoms with Crippen molar-refractivity contribution in [3.63, 3.8) is 0 Å². The van der Waals surface area contributed by atoms with Crippen LogP contribution in [0.3, 0.4) is 0 Å². The van der Waals surface area contributed by atoms with Crippen molar-refractivity contribution in [2.75, 3.05) is 11.4 Å². The van der Waals surface area contributed by atoms with E-state index in [1.165, 1.54) is 41.5 Å². The summed E-state index contributed by atoms with van der Waals surface area (Å²) in [5.41, 5.74) is 8.51. The second-order valence-corrected chi connectivity index (χ2v) is 6.22. The molecule has 1 aromatic rings. The monoisotopic (exact) mass is 310 g/mol. The van der Waals surface area contributed by atoms with E-state index in [-0.39, 0.29) is 6.04 Å². The maximum atomic E-state index is 5.85. The van der Waals surface area contributed by atoms with E-state index < -0.39 is 0 Å². The van der Waals surface area contributed by atoms with Gasteiger partial charge in [0, 0.05) is 23.1 Å². The quantitative estimate of drug-likeness (QED) is 0.918. The standard InChI is InChI=1S/C15H23BrN2/c1-3-13-5-4-8-18(13)15-7-6-12(9-11(2)17)10-14(15)16/h6-7,10-11,13H,3-5,8-9,17H2,1-2H3. The van der Waals surface area contributed by atoms with Crippen LogP contribution in [0.4, 0.5) is 5.69 Å². The zero-order valence-electron chi connectivity index (χ0n) is 11.3. The van der Waals surface area contributed by atoms with E-state index in [0.717, 1.165) is 6.42 Å². The summed E-state index contributed by atoms with van der Waals surface area (Å²) in [5, 5.41) is 0. The lowest BCUT2D eigenvalue weighted by atomic mass is 10.1. The number of benzene rings is 1. The number of halogens is 1. The van der Waals surface area contributed by atoms with Crippen LogP contribution < -0.4 is 10.6 Å². The van der Waals surface area contributed by atoms with Gasteiger partial charge in [-0.05, 0) is 66.2 Å². The number of anilines is 1. The normalized spacial score (nSPS) is 21.3. The number of nitrogens with two attached hydrogens (primary N) is 1. The van der Waals surface area contributed by atoms with Crippen LogP contribution in [0.5, 0.6) is 0 Å². The number of nitrogens with zero attached hydrogens (tertiary/aromatic N) is 1. The average molecular weight is 311 g/mol. The summed E-state index contributed by atoms with van der Waals surface area (Å²) in [6.07, 6.45) is 4.81. The molecule has 0 radical (unpaired) electrons. The summed E-state index contributed by atoms with van der Waals surface area (Å²) in [6, 6.07) is 7.62. The Hall–Kier alpha value is -0.540. The predicted octanol–water partition coefficient (Wildman–Crippen LogP) is 3.72. The van der Waals surface area contributed by atoms with Gasteiger partial charge in [0.25, 0.3) is 0 Å². The highest BCUT2D eigenvalue weighted by molar-refractivity contribution is 9.10. The molecule has 2 nitrogen and oxygen atoms in total. The fraction of sp³-hybridized carbons (Fsp3) is 0.600. The summed E-state index contributed by atoms with van der Waals surface area (Å²) >= 11 is 3.72. The smallest absolute Gasteiger partial charge is 0.0513 e. The van der Waals surface area contributed by atoms with Gasteiger partial charge in [-0.2, -0.15) is 0 Å². The molecule has 1 saturated heterocycles. The van der Waals surface area contributed by atoms with E-state index in [4.69, 9.17) is 5.73 Å². The van der Waals surface area contributed by atoms with Crippen LogP contribution in [-0.2, 0) is 6.42 Å². The molecule has 1 heterocycles. The summed E-state index contributed by atoms with van der Waals surface area (Å²) < 4.78 is 1.21. The minimum Gasteiger partial charge on any atom is -0.368 e. The van der Waals surface area contributed by atoms with Gasteiger partial charge in [0.2, 0.25) is 0 Å². The van der Waals surface area contributed by atoms with Crippen molar-refractivity contribution in [1.29, 1.82) is 0 Å². The van der Waals surface area contributed by atoms with Crippen molar-refractivity contribution in [2.24, 2.45) is 5.73 Å². The maximum Gasteiger partial charge on any atom is 0.0513 e. The van der Waals surface area contributed by atoms with E-state index in [9.17, 15) is 0 Å². The number of rotatable bonds is 4. The Morgan fingerprint density at radius 2 is 2.28 bits per heavy atom. The van der Waals surface area contributed by atoms with Crippen LogP contribution >= 0.6 is 15.9 Å². The van der Waals surface area contributed by atoms with Gasteiger partial charge >= 0.3 is 0 Å². The second-order valence-electron chi connectivity index (χ2n) is 5.36. The molecule has 100 valence electrons. The van der Waals surface area contributed by atoms with Gasteiger partial charge in [-0.15, -0.1) is 0 Å². The Morgan fingerprint density at radius 3 is 2.89 bits per heavy atom. The van der Waals surface area contributed by atoms with Crippen molar-refractivity contribution in [3.8, 4) is 0 Å². The Labute approximate surface area is 119 Å². The summed E-state index contributed by atoms with van der Waals surface area (Å²) in [4.78, 5) is 2.54. The van der Waals surface area contributed by atoms with Crippen LogP contribution in [0.2, 0.25) is 0 Å². The SMILES string of the molecule is CCC1CCCN1c1ccc(CC(C)N)cc1Br. The molecule has 2 rings (SSSR count). The number of hydrogen-bond donors (Lipinski definition) is 1. The molecular weight excluding hydrogens is 288 g/mol. The zero-order chi connectivity index (χ0) is 13.1. The van der Waals surface area contributed by atoms with E-state index in [0.29, 0.717) is 6.04 Å². The molecule has 0 bridgehead atoms. The first-order valence-electron chi connectivity index (χ1n) is 6.92. The van der Waals surface area contributed by atoms with Crippen molar-refractivity contribution < 1.29 is 0 Å². The molecule has 0 aliphatic carbocycles. The molecule has 2 N–H and O–H groups in total. The lowest BCUT2D eigenvalue weighted by molar-refractivity contribution is 0.644. The van der Waals surface area contributed by atoms with Gasteiger partial charge in [0.05, 0.1) is 5.69 Å². The summed E-state index contributed by atoms with van der Waals surface area (Å²) in [7, 11) is 0. The van der Waals surface area contributed by atoms with Crippen LogP contribution in [0, 0.1) is 0 Å². The molecule has 0 amide bonds. The molecule has 2 atom stereocenters. The van der Waals surface area contributed by atoms with Crippen molar-refractivity contribution in [1.82, 2.24) is 0 Å². The molecule has 3 heteroatoms. The van der Waals surface area contributed by atoms with Crippen LogP contribution in [0.25, 0.3) is 0 Å². The molecule has 1 fully saturated rings. The largest absolute Gasteiger partial charge is 0.368 e. The van der Waals surface area contributed by atoms with E-state index >= 15 is 0 Å². The first kappa shape index (κ1) is 13.9. The van der Waals surface area contributed by atoms with Crippen LogP contribution in [0.1, 0.15) is 38.7 Å². The van der Waals surface area contributed by atoms with Gasteiger partial charge in [-0.3, -0.25) is 0 Å². The molecule has 1 aliphatic rings. The van der Waals surface area contributed by atoms with Crippen molar-refractivity contribution >= 4 is 21.6 Å². The summed E-state index contributed by atoms with van der Waals surface area (Å²) in [6.45, 7) is 5.51. The van der Waals surface area contributed by atoms with Gasteiger partial charge in [0.15, 0.2) is 0 Å². The molecule has 2 unspecified atom stereocenters. The zero-order valence-corrected chi connectivity index (χ0v) is 12.9. The Morgan fingerprint density at radius 1 is 1.50 bits per heavy atom. The first-order chi connectivity index (χ1) is 8.61. The van der Waals surface area contributed by atoms with Crippen molar-refractivity contribution in [2.45, 2.75) is 51.6 Å². The van der Waals surface area contributed by atoms with Crippen LogP contribution in [-0.4, -0.2) is 18.6 Å². The summed E-state index contributed by atoms with van der Waals surface area (Å²) in [5.74, 6) is 0. The Kier molecular flexibility index (Phi) is 4.68. The highest BCUT2D eigenvalue weighted by Crippen LogP contribution is 2.33. The minimum absolute atomic E-state index is 0.220. The topological polar surface area (TPSA) is 29.3 Å². The molecule has 0 spiro atoms. The molecular formula is C15H23BrN2. The Balaban J connectivity index is 2.19. The van der Waals surface area contributed by atoms with Crippen LogP contribution in [0.15, 0.2) is 22.7 Å². The molecule has 1 aliphatic heterocycles. The number of hydrogen-bond acceptors (Lipinski definition) is 2.